The number of rotatable bonds is 2. The fraction of sp³-hybridized carbons (Fsp3) is 0.333. The van der Waals surface area contributed by atoms with Crippen molar-refractivity contribution in [3.63, 3.8) is 0 Å². The third kappa shape index (κ3) is 4.64. The van der Waals surface area contributed by atoms with Gasteiger partial charge < -0.3 is 16.4 Å². The first-order valence-corrected chi connectivity index (χ1v) is 7.45. The predicted octanol–water partition coefficient (Wildman–Crippen LogP) is 2.75. The van der Waals surface area contributed by atoms with E-state index in [1.54, 1.807) is 0 Å². The lowest BCUT2D eigenvalue weighted by molar-refractivity contribution is -0.137. The lowest BCUT2D eigenvalue weighted by atomic mass is 10.1. The number of alkyl halides is 3. The summed E-state index contributed by atoms with van der Waals surface area (Å²) in [5.41, 5.74) is 12.1. The molecule has 1 aliphatic heterocycles. The fourth-order valence-corrected chi connectivity index (χ4v) is 2.38. The van der Waals surface area contributed by atoms with Crippen LogP contribution in [-0.4, -0.2) is 29.9 Å². The molecule has 0 aromatic heterocycles. The molecular formula is C15H17ClF3N5. The summed E-state index contributed by atoms with van der Waals surface area (Å²) in [6, 6.07) is 3.58. The number of nitrogens with zero attached hydrogens (tertiary/aromatic N) is 3. The summed E-state index contributed by atoms with van der Waals surface area (Å²) in [5.74, 6) is 0.122. The third-order valence-corrected chi connectivity index (χ3v) is 3.74. The minimum Gasteiger partial charge on any atom is -0.369 e. The third-order valence-electron chi connectivity index (χ3n) is 3.41. The maximum Gasteiger partial charge on any atom is 0.417 e. The van der Waals surface area contributed by atoms with Gasteiger partial charge >= 0.3 is 6.18 Å². The van der Waals surface area contributed by atoms with Crippen molar-refractivity contribution in [2.45, 2.75) is 19.6 Å². The van der Waals surface area contributed by atoms with Gasteiger partial charge in [-0.1, -0.05) is 29.3 Å². The van der Waals surface area contributed by atoms with Gasteiger partial charge in [0.25, 0.3) is 0 Å². The first-order valence-electron chi connectivity index (χ1n) is 7.07. The molecular weight excluding hydrogens is 343 g/mol. The molecule has 9 heteroatoms. The summed E-state index contributed by atoms with van der Waals surface area (Å²) in [6.07, 6.45) is -2.51. The molecule has 2 rings (SSSR count). The van der Waals surface area contributed by atoms with Crippen molar-refractivity contribution in [3.05, 3.63) is 46.0 Å². The maximum atomic E-state index is 12.8. The second-order valence-corrected chi connectivity index (χ2v) is 5.79. The van der Waals surface area contributed by atoms with E-state index in [2.05, 4.69) is 9.98 Å². The van der Waals surface area contributed by atoms with E-state index in [1.165, 1.54) is 17.7 Å². The number of benzene rings is 1. The van der Waals surface area contributed by atoms with Gasteiger partial charge in [-0.05, 0) is 24.6 Å². The molecule has 0 spiro atoms. The molecule has 1 aromatic carbocycles. The summed E-state index contributed by atoms with van der Waals surface area (Å²) < 4.78 is 38.4. The fourth-order valence-electron chi connectivity index (χ4n) is 2.15. The highest BCUT2D eigenvalue weighted by molar-refractivity contribution is 6.31. The van der Waals surface area contributed by atoms with Crippen molar-refractivity contribution < 1.29 is 13.2 Å². The van der Waals surface area contributed by atoms with E-state index in [0.29, 0.717) is 18.7 Å². The maximum absolute atomic E-state index is 12.8. The van der Waals surface area contributed by atoms with E-state index in [4.69, 9.17) is 23.1 Å². The molecule has 1 aliphatic rings. The number of hydrogen-bond donors (Lipinski definition) is 2. The standard InChI is InChI=1S/C15H17ClF3N5/c1-9-4-5-24(8-9)14(21)23-13(20)22-7-10-2-3-12(16)11(6-10)15(17,18)19/h2-4,6H,5,7-8H2,1H3,(H4,20,21,22,23). The zero-order valence-corrected chi connectivity index (χ0v) is 13.7. The van der Waals surface area contributed by atoms with Crippen molar-refractivity contribution in [2.24, 2.45) is 21.5 Å². The Bertz CT molecular complexity index is 710. The number of hydrogen-bond acceptors (Lipinski definition) is 1. The van der Waals surface area contributed by atoms with Crippen molar-refractivity contribution in [2.75, 3.05) is 13.1 Å². The van der Waals surface area contributed by atoms with Crippen molar-refractivity contribution in [1.82, 2.24) is 4.90 Å². The molecule has 0 fully saturated rings. The van der Waals surface area contributed by atoms with Gasteiger partial charge in [-0.25, -0.2) is 4.99 Å². The summed E-state index contributed by atoms with van der Waals surface area (Å²) in [5, 5.41) is -0.359. The number of aliphatic imine (C=N–C) groups is 2. The first kappa shape index (κ1) is 18.1. The molecule has 4 N–H and O–H groups in total. The summed E-state index contributed by atoms with van der Waals surface area (Å²) in [4.78, 5) is 9.72. The van der Waals surface area contributed by atoms with Crippen LogP contribution in [0, 0.1) is 0 Å². The normalized spacial score (nSPS) is 16.5. The van der Waals surface area contributed by atoms with Gasteiger partial charge in [-0.3, -0.25) is 0 Å². The van der Waals surface area contributed by atoms with Crippen LogP contribution in [0.3, 0.4) is 0 Å². The lowest BCUT2D eigenvalue weighted by Gasteiger charge is -2.16. The molecule has 0 bridgehead atoms. The molecule has 0 saturated carbocycles. The zero-order chi connectivity index (χ0) is 17.9. The largest absolute Gasteiger partial charge is 0.417 e. The summed E-state index contributed by atoms with van der Waals surface area (Å²) in [6.45, 7) is 3.22. The van der Waals surface area contributed by atoms with Crippen LogP contribution in [0.4, 0.5) is 13.2 Å². The lowest BCUT2D eigenvalue weighted by Crippen LogP contribution is -2.37. The highest BCUT2D eigenvalue weighted by Gasteiger charge is 2.33. The van der Waals surface area contributed by atoms with Crippen molar-refractivity contribution in [1.29, 1.82) is 0 Å². The number of nitrogens with two attached hydrogens (primary N) is 2. The highest BCUT2D eigenvalue weighted by Crippen LogP contribution is 2.35. The Labute approximate surface area is 142 Å². The van der Waals surface area contributed by atoms with Gasteiger partial charge in [0.05, 0.1) is 17.1 Å². The second kappa shape index (κ2) is 7.12. The van der Waals surface area contributed by atoms with E-state index in [1.807, 2.05) is 17.9 Å². The van der Waals surface area contributed by atoms with Gasteiger partial charge in [0.15, 0.2) is 5.96 Å². The number of guanidine groups is 2. The molecule has 1 heterocycles. The van der Waals surface area contributed by atoms with E-state index in [9.17, 15) is 13.2 Å². The van der Waals surface area contributed by atoms with Crippen LogP contribution in [0.2, 0.25) is 5.02 Å². The predicted molar refractivity (Wildman–Crippen MR) is 88.7 cm³/mol. The Balaban J connectivity index is 2.07. The average Bonchev–Trinajstić information content (AvgIpc) is 2.92. The Morgan fingerprint density at radius 2 is 2.04 bits per heavy atom. The van der Waals surface area contributed by atoms with Crippen molar-refractivity contribution >= 4 is 23.5 Å². The van der Waals surface area contributed by atoms with Crippen LogP contribution in [0.1, 0.15) is 18.1 Å². The minimum atomic E-state index is -4.52. The Kier molecular flexibility index (Phi) is 5.38. The second-order valence-electron chi connectivity index (χ2n) is 5.39. The highest BCUT2D eigenvalue weighted by atomic mass is 35.5. The van der Waals surface area contributed by atoms with Crippen LogP contribution in [0.25, 0.3) is 0 Å². The molecule has 24 heavy (non-hydrogen) atoms. The summed E-state index contributed by atoms with van der Waals surface area (Å²) in [7, 11) is 0. The molecule has 0 atom stereocenters. The number of halogens is 4. The average molecular weight is 360 g/mol. The zero-order valence-electron chi connectivity index (χ0n) is 12.9. The molecule has 130 valence electrons. The summed E-state index contributed by atoms with van der Waals surface area (Å²) >= 11 is 5.57. The minimum absolute atomic E-state index is 0.0554. The van der Waals surface area contributed by atoms with Crippen LogP contribution in [-0.2, 0) is 12.7 Å². The molecule has 0 aliphatic carbocycles. The van der Waals surface area contributed by atoms with Gasteiger partial charge in [-0.2, -0.15) is 18.2 Å². The van der Waals surface area contributed by atoms with Gasteiger partial charge in [-0.15, -0.1) is 0 Å². The van der Waals surface area contributed by atoms with E-state index >= 15 is 0 Å². The first-order chi connectivity index (χ1) is 11.2. The van der Waals surface area contributed by atoms with Crippen LogP contribution in [0.15, 0.2) is 39.8 Å². The van der Waals surface area contributed by atoms with Gasteiger partial charge in [0.1, 0.15) is 0 Å². The Morgan fingerprint density at radius 1 is 1.33 bits per heavy atom. The van der Waals surface area contributed by atoms with Crippen LogP contribution < -0.4 is 11.5 Å². The Hall–Kier alpha value is -2.22. The Morgan fingerprint density at radius 3 is 2.62 bits per heavy atom. The monoisotopic (exact) mass is 359 g/mol. The quantitative estimate of drug-likeness (QED) is 0.484. The molecule has 0 unspecified atom stereocenters. The van der Waals surface area contributed by atoms with Crippen LogP contribution >= 0.6 is 11.6 Å². The van der Waals surface area contributed by atoms with Crippen LogP contribution in [0.5, 0.6) is 0 Å². The van der Waals surface area contributed by atoms with E-state index < -0.39 is 11.7 Å². The van der Waals surface area contributed by atoms with Gasteiger partial charge in [0.2, 0.25) is 5.96 Å². The molecule has 5 nitrogen and oxygen atoms in total. The van der Waals surface area contributed by atoms with E-state index in [0.717, 1.165) is 6.07 Å². The SMILES string of the molecule is CC1=CCN(C(N)=NC(N)=NCc2ccc(Cl)c(C(F)(F)F)c2)C1. The molecule has 1 aromatic rings. The molecule has 0 amide bonds. The molecule has 0 saturated heterocycles. The van der Waals surface area contributed by atoms with E-state index in [-0.39, 0.29) is 23.5 Å². The van der Waals surface area contributed by atoms with Crippen molar-refractivity contribution in [3.8, 4) is 0 Å². The van der Waals surface area contributed by atoms with Gasteiger partial charge in [0, 0.05) is 13.1 Å². The smallest absolute Gasteiger partial charge is 0.369 e. The topological polar surface area (TPSA) is 80.0 Å². The molecule has 0 radical (unpaired) electrons.